The number of benzene rings is 5. The van der Waals surface area contributed by atoms with Gasteiger partial charge in [0, 0.05) is 25.1 Å². The van der Waals surface area contributed by atoms with Crippen molar-refractivity contribution < 1.29 is 46.2 Å². The van der Waals surface area contributed by atoms with Gasteiger partial charge in [0.25, 0.3) is 5.91 Å². The van der Waals surface area contributed by atoms with Crippen LogP contribution in [0.4, 0.5) is 13.2 Å². The Labute approximate surface area is 291 Å². The minimum Gasteiger partial charge on any atom is -0.480 e. The summed E-state index contributed by atoms with van der Waals surface area (Å²) in [6, 6.07) is 30.5. The number of alkyl halides is 3. The zero-order chi connectivity index (χ0) is 36.8. The van der Waals surface area contributed by atoms with Crippen LogP contribution in [0.3, 0.4) is 0 Å². The highest BCUT2D eigenvalue weighted by molar-refractivity contribution is 7.89. The van der Waals surface area contributed by atoms with E-state index in [1.165, 1.54) is 48.5 Å². The van der Waals surface area contributed by atoms with E-state index >= 15 is 0 Å². The molecule has 9 nitrogen and oxygen atoms in total. The predicted octanol–water partition coefficient (Wildman–Crippen LogP) is 6.85. The highest BCUT2D eigenvalue weighted by atomic mass is 32.2. The van der Waals surface area contributed by atoms with Crippen LogP contribution in [-0.2, 0) is 27.4 Å². The lowest BCUT2D eigenvalue weighted by atomic mass is 9.99. The first-order valence-corrected chi connectivity index (χ1v) is 17.0. The van der Waals surface area contributed by atoms with E-state index in [1.807, 2.05) is 42.5 Å². The van der Waals surface area contributed by atoms with Crippen LogP contribution >= 0.6 is 0 Å². The molecule has 0 heterocycles. The second-order valence-corrected chi connectivity index (χ2v) is 13.2. The van der Waals surface area contributed by atoms with Crippen molar-refractivity contribution in [1.29, 1.82) is 0 Å². The molecule has 0 saturated heterocycles. The van der Waals surface area contributed by atoms with E-state index < -0.39 is 69.2 Å². The van der Waals surface area contributed by atoms with E-state index in [-0.39, 0.29) is 12.0 Å². The normalized spacial score (nSPS) is 12.2. The maximum Gasteiger partial charge on any atom is 0.416 e. The molecule has 0 aliphatic carbocycles. The molecule has 0 aliphatic rings. The summed E-state index contributed by atoms with van der Waals surface area (Å²) in [4.78, 5) is 38.9. The van der Waals surface area contributed by atoms with Gasteiger partial charge in [-0.15, -0.1) is 0 Å². The third-order valence-corrected chi connectivity index (χ3v) is 9.66. The summed E-state index contributed by atoms with van der Waals surface area (Å²) < 4.78 is 67.6. The van der Waals surface area contributed by atoms with Gasteiger partial charge in [-0.25, -0.2) is 22.7 Å². The molecule has 0 saturated carbocycles. The van der Waals surface area contributed by atoms with Crippen molar-refractivity contribution in [2.75, 3.05) is 13.1 Å². The van der Waals surface area contributed by atoms with Crippen LogP contribution < -0.4 is 4.72 Å². The molecule has 13 heteroatoms. The lowest BCUT2D eigenvalue weighted by molar-refractivity contribution is -0.142. The number of nitrogens with zero attached hydrogens (tertiary/aromatic N) is 1. The molecule has 0 bridgehead atoms. The molecule has 262 valence electrons. The van der Waals surface area contributed by atoms with Gasteiger partial charge < -0.3 is 15.1 Å². The van der Waals surface area contributed by atoms with E-state index in [0.717, 1.165) is 40.3 Å². The van der Waals surface area contributed by atoms with Crippen molar-refractivity contribution in [3.8, 4) is 22.3 Å². The summed E-state index contributed by atoms with van der Waals surface area (Å²) in [6.07, 6.45) is -4.63. The number of aliphatic carboxylic acids is 1. The lowest BCUT2D eigenvalue weighted by Crippen LogP contribution is -2.49. The van der Waals surface area contributed by atoms with Crippen molar-refractivity contribution in [3.05, 3.63) is 150 Å². The zero-order valence-electron chi connectivity index (χ0n) is 26.7. The SMILES string of the molecule is O=C(O)c1ccccc1S(=O)(=O)NCCN(C(=O)c1ccc(-c2ccc(C(F)(F)F)cc2)cc1)C(Cc1ccc(-c2ccccc2)cc1)C(=O)O. The number of carboxylic acid groups (broad SMARTS) is 2. The highest BCUT2D eigenvalue weighted by Crippen LogP contribution is 2.31. The number of carbonyl (C=O) groups is 3. The number of hydrogen-bond acceptors (Lipinski definition) is 5. The van der Waals surface area contributed by atoms with Crippen molar-refractivity contribution >= 4 is 27.9 Å². The van der Waals surface area contributed by atoms with Gasteiger partial charge in [0.2, 0.25) is 10.0 Å². The summed E-state index contributed by atoms with van der Waals surface area (Å²) >= 11 is 0. The summed E-state index contributed by atoms with van der Waals surface area (Å²) in [7, 11) is -4.39. The third-order valence-electron chi connectivity index (χ3n) is 8.14. The first-order valence-electron chi connectivity index (χ1n) is 15.5. The number of sulfonamides is 1. The van der Waals surface area contributed by atoms with E-state index in [1.54, 1.807) is 12.1 Å². The molecule has 51 heavy (non-hydrogen) atoms. The van der Waals surface area contributed by atoms with Gasteiger partial charge in [0.15, 0.2) is 0 Å². The Morgan fingerprint density at radius 3 is 1.75 bits per heavy atom. The molecule has 5 aromatic rings. The Hall–Kier alpha value is -5.79. The Kier molecular flexibility index (Phi) is 11.0. The maximum absolute atomic E-state index is 14.0. The monoisotopic (exact) mass is 716 g/mol. The smallest absolute Gasteiger partial charge is 0.416 e. The minimum atomic E-state index is -4.50. The van der Waals surface area contributed by atoms with Gasteiger partial charge in [-0.05, 0) is 64.2 Å². The van der Waals surface area contributed by atoms with Crippen molar-refractivity contribution in [2.45, 2.75) is 23.5 Å². The fourth-order valence-electron chi connectivity index (χ4n) is 5.50. The van der Waals surface area contributed by atoms with Crippen LogP contribution in [-0.4, -0.2) is 60.5 Å². The van der Waals surface area contributed by atoms with Crippen LogP contribution in [0.5, 0.6) is 0 Å². The molecule has 1 atom stereocenters. The quantitative estimate of drug-likeness (QED) is 0.121. The molecule has 1 amide bonds. The van der Waals surface area contributed by atoms with Crippen LogP contribution in [0.15, 0.2) is 132 Å². The molecule has 1 unspecified atom stereocenters. The van der Waals surface area contributed by atoms with Crippen LogP contribution in [0, 0.1) is 0 Å². The van der Waals surface area contributed by atoms with Gasteiger partial charge in [-0.3, -0.25) is 4.79 Å². The molecular weight excluding hydrogens is 685 g/mol. The third kappa shape index (κ3) is 8.87. The van der Waals surface area contributed by atoms with E-state index in [4.69, 9.17) is 0 Å². The maximum atomic E-state index is 14.0. The van der Waals surface area contributed by atoms with Crippen molar-refractivity contribution in [1.82, 2.24) is 9.62 Å². The molecule has 3 N–H and O–H groups in total. The van der Waals surface area contributed by atoms with Gasteiger partial charge in [0.05, 0.1) is 16.0 Å². The molecule has 5 aromatic carbocycles. The standard InChI is InChI=1S/C38H31F3N2O7S/c39-38(40,41)31-20-18-29(19-21-31)28-14-16-30(17-15-28)35(44)43(23-22-42-51(49,50)34-9-5-4-8-32(34)36(45)46)33(37(47)48)24-25-10-12-27(13-11-25)26-6-2-1-3-7-26/h1-21,33,42H,22-24H2,(H,45,46)(H,47,48). The number of aromatic carboxylic acids is 1. The van der Waals surface area contributed by atoms with Crippen molar-refractivity contribution in [2.24, 2.45) is 0 Å². The van der Waals surface area contributed by atoms with E-state index in [0.29, 0.717) is 16.7 Å². The van der Waals surface area contributed by atoms with E-state index in [2.05, 4.69) is 4.72 Å². The fraction of sp³-hybridized carbons (Fsp3) is 0.132. The van der Waals surface area contributed by atoms with Crippen LogP contribution in [0.25, 0.3) is 22.3 Å². The van der Waals surface area contributed by atoms with Gasteiger partial charge in [-0.1, -0.05) is 91.0 Å². The number of carboxylic acids is 2. The Morgan fingerprint density at radius 2 is 1.20 bits per heavy atom. The molecular formula is C38H31F3N2O7S. The average molecular weight is 717 g/mol. The second kappa shape index (κ2) is 15.4. The van der Waals surface area contributed by atoms with Gasteiger partial charge in [0.1, 0.15) is 6.04 Å². The molecule has 5 rings (SSSR count). The topological polar surface area (TPSA) is 141 Å². The Balaban J connectivity index is 1.42. The van der Waals surface area contributed by atoms with Gasteiger partial charge >= 0.3 is 18.1 Å². The summed E-state index contributed by atoms with van der Waals surface area (Å²) in [5.74, 6) is -3.56. The van der Waals surface area contributed by atoms with Crippen molar-refractivity contribution in [3.63, 3.8) is 0 Å². The van der Waals surface area contributed by atoms with Crippen LogP contribution in [0.1, 0.15) is 31.8 Å². The van der Waals surface area contributed by atoms with E-state index in [9.17, 15) is 46.2 Å². The molecule has 0 fully saturated rings. The first-order chi connectivity index (χ1) is 24.2. The molecule has 0 aromatic heterocycles. The average Bonchev–Trinajstić information content (AvgIpc) is 3.12. The van der Waals surface area contributed by atoms with Gasteiger partial charge in [-0.2, -0.15) is 13.2 Å². The first kappa shape index (κ1) is 36.5. The Morgan fingerprint density at radius 1 is 0.686 bits per heavy atom. The summed E-state index contributed by atoms with van der Waals surface area (Å²) in [5.41, 5.74) is 2.17. The number of nitrogens with one attached hydrogen (secondary N) is 1. The molecule has 0 aliphatic heterocycles. The largest absolute Gasteiger partial charge is 0.480 e. The number of carbonyl (C=O) groups excluding carboxylic acids is 1. The Bertz CT molecular complexity index is 2120. The predicted molar refractivity (Wildman–Crippen MR) is 184 cm³/mol. The lowest BCUT2D eigenvalue weighted by Gasteiger charge is -2.29. The summed E-state index contributed by atoms with van der Waals surface area (Å²) in [5, 5.41) is 19.8. The fourth-order valence-corrected chi connectivity index (χ4v) is 6.71. The number of halogens is 3. The van der Waals surface area contributed by atoms with Crippen LogP contribution in [0.2, 0.25) is 0 Å². The molecule has 0 spiro atoms. The number of hydrogen-bond donors (Lipinski definition) is 3. The molecule has 0 radical (unpaired) electrons. The second-order valence-electron chi connectivity index (χ2n) is 11.5. The zero-order valence-corrected chi connectivity index (χ0v) is 27.6. The summed E-state index contributed by atoms with van der Waals surface area (Å²) in [6.45, 7) is -0.866. The number of rotatable bonds is 13. The highest BCUT2D eigenvalue weighted by Gasteiger charge is 2.32. The number of amides is 1. The minimum absolute atomic E-state index is 0.0513.